The van der Waals surface area contributed by atoms with Gasteiger partial charge in [0, 0.05) is 30.9 Å². The predicted octanol–water partition coefficient (Wildman–Crippen LogP) is 1.66. The van der Waals surface area contributed by atoms with Gasteiger partial charge in [-0.1, -0.05) is 30.5 Å². The summed E-state index contributed by atoms with van der Waals surface area (Å²) in [6, 6.07) is 6.56. The highest BCUT2D eigenvalue weighted by atomic mass is 32.2. The minimum absolute atomic E-state index is 0.0212. The number of sulfonamides is 1. The van der Waals surface area contributed by atoms with Crippen LogP contribution in [0.4, 0.5) is 0 Å². The van der Waals surface area contributed by atoms with Crippen LogP contribution in [0.1, 0.15) is 31.2 Å². The van der Waals surface area contributed by atoms with Crippen molar-refractivity contribution in [3.63, 3.8) is 0 Å². The molecule has 0 amide bonds. The molecule has 2 fully saturated rings. The van der Waals surface area contributed by atoms with Crippen LogP contribution < -0.4 is 0 Å². The van der Waals surface area contributed by atoms with Crippen molar-refractivity contribution in [2.45, 2.75) is 55.6 Å². The standard InChI is InChI=1S/C18H28N2O4S2/c1-14-8-10-16(11-9-14)26(23,24)20-12-15(13-25(3,21)22)19(2)17-6-4-5-7-18(17)20/h8-11,15,17-18H,4-7,12-13H2,1-3H3/t15-,17-,18?/m0/s1. The molecule has 1 aromatic carbocycles. The molecular formula is C18H28N2O4S2. The third-order valence-corrected chi connectivity index (χ3v) is 8.57. The fourth-order valence-corrected chi connectivity index (χ4v) is 7.05. The first-order valence-corrected chi connectivity index (χ1v) is 12.6. The number of likely N-dealkylation sites (N-methyl/N-ethyl adjacent to an activating group) is 1. The summed E-state index contributed by atoms with van der Waals surface area (Å²) in [6.07, 6.45) is 5.00. The lowest BCUT2D eigenvalue weighted by Crippen LogP contribution is -2.65. The summed E-state index contributed by atoms with van der Waals surface area (Å²) in [5, 5.41) is 0. The maximum atomic E-state index is 13.3. The third kappa shape index (κ3) is 3.98. The Morgan fingerprint density at radius 3 is 2.15 bits per heavy atom. The van der Waals surface area contributed by atoms with Gasteiger partial charge in [0.2, 0.25) is 10.0 Å². The Labute approximate surface area is 157 Å². The average Bonchev–Trinajstić information content (AvgIpc) is 2.56. The van der Waals surface area contributed by atoms with Gasteiger partial charge in [-0.2, -0.15) is 4.31 Å². The molecule has 146 valence electrons. The second kappa shape index (κ2) is 7.22. The van der Waals surface area contributed by atoms with E-state index in [0.29, 0.717) is 0 Å². The molecule has 1 saturated carbocycles. The molecule has 1 heterocycles. The van der Waals surface area contributed by atoms with Crippen LogP contribution >= 0.6 is 0 Å². The van der Waals surface area contributed by atoms with Crippen molar-refractivity contribution >= 4 is 19.9 Å². The highest BCUT2D eigenvalue weighted by Crippen LogP contribution is 2.35. The summed E-state index contributed by atoms with van der Waals surface area (Å²) >= 11 is 0. The lowest BCUT2D eigenvalue weighted by Gasteiger charge is -2.51. The minimum Gasteiger partial charge on any atom is -0.297 e. The van der Waals surface area contributed by atoms with Crippen LogP contribution in [0.15, 0.2) is 29.2 Å². The fourth-order valence-electron chi connectivity index (χ4n) is 4.29. The van der Waals surface area contributed by atoms with E-state index in [4.69, 9.17) is 0 Å². The van der Waals surface area contributed by atoms with Gasteiger partial charge in [-0.3, -0.25) is 4.90 Å². The van der Waals surface area contributed by atoms with E-state index in [9.17, 15) is 16.8 Å². The molecule has 6 nitrogen and oxygen atoms in total. The first kappa shape index (κ1) is 19.8. The smallest absolute Gasteiger partial charge is 0.243 e. The summed E-state index contributed by atoms with van der Waals surface area (Å²) in [5.74, 6) is -0.0212. The van der Waals surface area contributed by atoms with E-state index in [0.717, 1.165) is 31.2 Å². The van der Waals surface area contributed by atoms with Crippen molar-refractivity contribution in [1.29, 1.82) is 0 Å². The van der Waals surface area contributed by atoms with Gasteiger partial charge in [0.05, 0.1) is 10.6 Å². The van der Waals surface area contributed by atoms with E-state index in [-0.39, 0.29) is 35.3 Å². The van der Waals surface area contributed by atoms with Crippen LogP contribution in [0.5, 0.6) is 0 Å². The van der Waals surface area contributed by atoms with E-state index in [1.54, 1.807) is 28.6 Å². The Morgan fingerprint density at radius 2 is 1.58 bits per heavy atom. The number of hydrogen-bond donors (Lipinski definition) is 0. The highest BCUT2D eigenvalue weighted by Gasteiger charge is 2.46. The molecule has 1 unspecified atom stereocenters. The molecule has 26 heavy (non-hydrogen) atoms. The van der Waals surface area contributed by atoms with Gasteiger partial charge >= 0.3 is 0 Å². The number of piperazine rings is 1. The summed E-state index contributed by atoms with van der Waals surface area (Å²) in [6.45, 7) is 2.15. The van der Waals surface area contributed by atoms with E-state index < -0.39 is 19.9 Å². The number of nitrogens with zero attached hydrogens (tertiary/aromatic N) is 2. The number of sulfone groups is 1. The lowest BCUT2D eigenvalue weighted by molar-refractivity contribution is 0.0229. The normalized spacial score (nSPS) is 28.7. The number of benzene rings is 1. The topological polar surface area (TPSA) is 74.8 Å². The van der Waals surface area contributed by atoms with Crippen molar-refractivity contribution in [3.05, 3.63) is 29.8 Å². The molecule has 2 aliphatic rings. The zero-order valence-electron chi connectivity index (χ0n) is 15.6. The first-order valence-electron chi connectivity index (χ1n) is 9.08. The molecule has 8 heteroatoms. The average molecular weight is 401 g/mol. The molecule has 1 saturated heterocycles. The molecule has 0 bridgehead atoms. The number of hydrogen-bond acceptors (Lipinski definition) is 5. The van der Waals surface area contributed by atoms with Gasteiger partial charge in [0.15, 0.2) is 0 Å². The summed E-state index contributed by atoms with van der Waals surface area (Å²) in [7, 11) is -4.91. The van der Waals surface area contributed by atoms with Crippen molar-refractivity contribution in [2.24, 2.45) is 0 Å². The second-order valence-corrected chi connectivity index (χ2v) is 11.8. The Kier molecular flexibility index (Phi) is 5.50. The summed E-state index contributed by atoms with van der Waals surface area (Å²) in [5.41, 5.74) is 1.01. The van der Waals surface area contributed by atoms with Gasteiger partial charge in [0.1, 0.15) is 9.84 Å². The molecule has 1 aliphatic carbocycles. The minimum atomic E-state index is -3.65. The van der Waals surface area contributed by atoms with Gasteiger partial charge in [-0.05, 0) is 38.9 Å². The van der Waals surface area contributed by atoms with Gasteiger partial charge in [0.25, 0.3) is 0 Å². The van der Waals surface area contributed by atoms with Gasteiger partial charge in [-0.25, -0.2) is 16.8 Å². The quantitative estimate of drug-likeness (QED) is 0.768. The molecule has 3 atom stereocenters. The van der Waals surface area contributed by atoms with Crippen LogP contribution in [0.25, 0.3) is 0 Å². The second-order valence-electron chi connectivity index (χ2n) is 7.72. The van der Waals surface area contributed by atoms with Crippen molar-refractivity contribution in [3.8, 4) is 0 Å². The maximum absolute atomic E-state index is 13.3. The molecule has 0 aromatic heterocycles. The monoisotopic (exact) mass is 400 g/mol. The maximum Gasteiger partial charge on any atom is 0.243 e. The SMILES string of the molecule is Cc1ccc(S(=O)(=O)N2C[C@@H](CS(C)(=O)=O)N(C)[C@H]3CCCCC32)cc1. The molecule has 0 N–H and O–H groups in total. The number of aryl methyl sites for hydroxylation is 1. The van der Waals surface area contributed by atoms with E-state index in [1.807, 2.05) is 14.0 Å². The van der Waals surface area contributed by atoms with E-state index >= 15 is 0 Å². The Bertz CT molecular complexity index is 850. The molecule has 1 aromatic rings. The van der Waals surface area contributed by atoms with Crippen LogP contribution in [0.2, 0.25) is 0 Å². The van der Waals surface area contributed by atoms with Crippen LogP contribution in [-0.4, -0.2) is 69.8 Å². The molecule has 1 aliphatic heterocycles. The van der Waals surface area contributed by atoms with E-state index in [1.165, 1.54) is 6.26 Å². The molecular weight excluding hydrogens is 372 g/mol. The van der Waals surface area contributed by atoms with Crippen molar-refractivity contribution < 1.29 is 16.8 Å². The van der Waals surface area contributed by atoms with Gasteiger partial charge < -0.3 is 0 Å². The Morgan fingerprint density at radius 1 is 1.00 bits per heavy atom. The zero-order valence-corrected chi connectivity index (χ0v) is 17.3. The molecule has 3 rings (SSSR count). The third-order valence-electron chi connectivity index (χ3n) is 5.68. The van der Waals surface area contributed by atoms with Crippen molar-refractivity contribution in [1.82, 2.24) is 9.21 Å². The van der Waals surface area contributed by atoms with Crippen molar-refractivity contribution in [2.75, 3.05) is 25.6 Å². The number of fused-ring (bicyclic) bond motifs is 1. The lowest BCUT2D eigenvalue weighted by atomic mass is 9.86. The Hall–Kier alpha value is -0.960. The molecule has 0 spiro atoms. The summed E-state index contributed by atoms with van der Waals surface area (Å²) < 4.78 is 52.0. The summed E-state index contributed by atoms with van der Waals surface area (Å²) in [4.78, 5) is 2.39. The predicted molar refractivity (Wildman–Crippen MR) is 102 cm³/mol. The van der Waals surface area contributed by atoms with Crippen LogP contribution in [0.3, 0.4) is 0 Å². The zero-order chi connectivity index (χ0) is 19.1. The largest absolute Gasteiger partial charge is 0.297 e. The fraction of sp³-hybridized carbons (Fsp3) is 0.667. The first-order chi connectivity index (χ1) is 12.1. The van der Waals surface area contributed by atoms with Crippen LogP contribution in [0, 0.1) is 6.92 Å². The molecule has 0 radical (unpaired) electrons. The van der Waals surface area contributed by atoms with Crippen LogP contribution in [-0.2, 0) is 19.9 Å². The number of rotatable bonds is 4. The highest BCUT2D eigenvalue weighted by molar-refractivity contribution is 7.90. The van der Waals surface area contributed by atoms with E-state index in [2.05, 4.69) is 4.90 Å². The Balaban J connectivity index is 1.98. The van der Waals surface area contributed by atoms with Gasteiger partial charge in [-0.15, -0.1) is 0 Å².